The number of aromatic nitrogens is 3. The minimum absolute atomic E-state index is 0.0325. The Hall–Kier alpha value is -4.99. The van der Waals surface area contributed by atoms with Crippen molar-refractivity contribution in [2.75, 3.05) is 26.8 Å². The number of aromatic amines is 1. The van der Waals surface area contributed by atoms with Crippen LogP contribution in [0, 0.1) is 17.2 Å². The van der Waals surface area contributed by atoms with Gasteiger partial charge in [0.2, 0.25) is 17.7 Å². The maximum absolute atomic E-state index is 13.0. The first-order chi connectivity index (χ1) is 18.9. The van der Waals surface area contributed by atoms with Crippen LogP contribution >= 0.6 is 0 Å². The fraction of sp³-hybridized carbons (Fsp3) is 0.346. The number of H-pyrrole nitrogens is 1. The Kier molecular flexibility index (Phi) is 8.67. The molecule has 4 rings (SSSR count). The molecule has 1 aliphatic rings. The second-order valence-corrected chi connectivity index (χ2v) is 8.88. The minimum atomic E-state index is -1.04. The molecule has 0 radical (unpaired) electrons. The first-order valence-corrected chi connectivity index (χ1v) is 12.3. The third kappa shape index (κ3) is 6.86. The smallest absolute Gasteiger partial charge is 0.268 e. The van der Waals surface area contributed by atoms with E-state index in [1.165, 1.54) is 19.5 Å². The number of Topliss-reactive ketones (excluding diaryl/α,β-unsaturated/α-hetero) is 1. The Bertz CT molecular complexity index is 1410. The Morgan fingerprint density at radius 2 is 2.10 bits per heavy atom. The van der Waals surface area contributed by atoms with Crippen LogP contribution in [0.4, 0.5) is 0 Å². The number of nitrogens with one attached hydrogen (secondary N) is 4. The summed E-state index contributed by atoms with van der Waals surface area (Å²) in [7, 11) is 1.53. The molecule has 1 aromatic carbocycles. The largest absolute Gasteiger partial charge is 0.496 e. The van der Waals surface area contributed by atoms with Crippen molar-refractivity contribution in [3.63, 3.8) is 0 Å². The monoisotopic (exact) mass is 533 g/mol. The van der Waals surface area contributed by atoms with Gasteiger partial charge < -0.3 is 30.4 Å². The van der Waals surface area contributed by atoms with Gasteiger partial charge in [0, 0.05) is 23.4 Å². The molecule has 2 aromatic heterocycles. The molecule has 13 heteroatoms. The van der Waals surface area contributed by atoms with Crippen molar-refractivity contribution >= 4 is 34.4 Å². The summed E-state index contributed by atoms with van der Waals surface area (Å²) in [5.41, 5.74) is 1.04. The summed E-state index contributed by atoms with van der Waals surface area (Å²) >= 11 is 0. The molecule has 1 aliphatic heterocycles. The van der Waals surface area contributed by atoms with E-state index in [0.717, 1.165) is 11.8 Å². The van der Waals surface area contributed by atoms with Crippen LogP contribution in [0.25, 0.3) is 10.9 Å². The topological polar surface area (TPSA) is 188 Å². The first-order valence-electron chi connectivity index (χ1n) is 12.3. The summed E-state index contributed by atoms with van der Waals surface area (Å²) in [6, 6.07) is 7.77. The highest BCUT2D eigenvalue weighted by Crippen LogP contribution is 2.26. The van der Waals surface area contributed by atoms with Crippen LogP contribution in [0.15, 0.2) is 36.7 Å². The molecule has 0 spiro atoms. The molecule has 3 aromatic rings. The molecule has 2 atom stereocenters. The number of ether oxygens (including phenoxy) is 2. The zero-order chi connectivity index (χ0) is 27.8. The number of benzene rings is 1. The average Bonchev–Trinajstić information content (AvgIpc) is 3.40. The number of hydrogen-bond donors (Lipinski definition) is 4. The second kappa shape index (κ2) is 12.5. The number of rotatable bonds is 11. The van der Waals surface area contributed by atoms with E-state index in [9.17, 15) is 19.2 Å². The molecule has 1 saturated heterocycles. The van der Waals surface area contributed by atoms with Gasteiger partial charge in [-0.3, -0.25) is 19.2 Å². The average molecular weight is 534 g/mol. The van der Waals surface area contributed by atoms with Crippen molar-refractivity contribution in [1.29, 1.82) is 5.26 Å². The van der Waals surface area contributed by atoms with Gasteiger partial charge in [0.1, 0.15) is 17.5 Å². The Labute approximate surface area is 223 Å². The number of carbonyl (C=O) groups excluding carboxylic acids is 4. The zero-order valence-corrected chi connectivity index (χ0v) is 21.2. The summed E-state index contributed by atoms with van der Waals surface area (Å²) in [5, 5.41) is 17.5. The highest BCUT2D eigenvalue weighted by atomic mass is 16.5. The predicted octanol–water partition coefficient (Wildman–Crippen LogP) is 0.617. The molecule has 1 unspecified atom stereocenters. The van der Waals surface area contributed by atoms with Gasteiger partial charge in [-0.15, -0.1) is 0 Å². The molecule has 0 aliphatic carbocycles. The van der Waals surface area contributed by atoms with Crippen molar-refractivity contribution in [2.45, 2.75) is 25.3 Å². The van der Waals surface area contributed by atoms with Crippen molar-refractivity contribution in [3.05, 3.63) is 48.0 Å². The number of hydrogen-bond acceptors (Lipinski definition) is 9. The zero-order valence-electron chi connectivity index (χ0n) is 21.2. The lowest BCUT2D eigenvalue weighted by molar-refractivity contribution is -0.131. The van der Waals surface area contributed by atoms with Gasteiger partial charge in [0.05, 0.1) is 32.1 Å². The number of fused-ring (bicyclic) bond motifs is 1. The standard InChI is InChI=1S/C26H27N7O6/c1-38-22-6-2-5-18-17(22)9-20(32-18)26(37)31-12-23(35)33-19(8-15-4-3-7-28-25(15)36)21(34)14-39-24-13-29-16(10-27)11-30-24/h2,5-6,9,11,13,15,19,32H,3-4,7-8,12,14H2,1H3,(H,28,36)(H,31,37)(H,33,35)/t15-,19?/m0/s1. The number of piperidine rings is 1. The second-order valence-electron chi connectivity index (χ2n) is 8.88. The van der Waals surface area contributed by atoms with Crippen LogP contribution in [0.2, 0.25) is 0 Å². The van der Waals surface area contributed by atoms with Gasteiger partial charge in [0.15, 0.2) is 18.1 Å². The first kappa shape index (κ1) is 27.1. The normalized spacial score (nSPS) is 15.5. The summed E-state index contributed by atoms with van der Waals surface area (Å²) in [6.45, 7) is -0.274. The SMILES string of the molecule is COc1cccc2[nH]c(C(=O)NCC(=O)NC(C[C@@H]3CCCNC3=O)C(=O)COc3cnc(C#N)cn3)cc12. The summed E-state index contributed by atoms with van der Waals surface area (Å²) in [5.74, 6) is -1.62. The van der Waals surface area contributed by atoms with E-state index in [1.54, 1.807) is 24.3 Å². The van der Waals surface area contributed by atoms with E-state index in [1.807, 2.05) is 6.07 Å². The highest BCUT2D eigenvalue weighted by molar-refractivity contribution is 6.01. The van der Waals surface area contributed by atoms with E-state index in [-0.39, 0.29) is 29.6 Å². The quantitative estimate of drug-likeness (QED) is 0.274. The fourth-order valence-electron chi connectivity index (χ4n) is 4.24. The summed E-state index contributed by atoms with van der Waals surface area (Å²) < 4.78 is 10.7. The lowest BCUT2D eigenvalue weighted by Crippen LogP contribution is -2.49. The Morgan fingerprint density at radius 3 is 2.82 bits per heavy atom. The van der Waals surface area contributed by atoms with Crippen molar-refractivity contribution in [2.24, 2.45) is 5.92 Å². The molecule has 3 heterocycles. The number of amides is 3. The molecule has 0 saturated carbocycles. The van der Waals surface area contributed by atoms with Gasteiger partial charge in [-0.05, 0) is 37.5 Å². The van der Waals surface area contributed by atoms with Gasteiger partial charge >= 0.3 is 0 Å². The lowest BCUT2D eigenvalue weighted by Gasteiger charge is -2.26. The van der Waals surface area contributed by atoms with Crippen LogP contribution in [-0.4, -0.2) is 71.3 Å². The molecule has 4 N–H and O–H groups in total. The molecule has 3 amide bonds. The predicted molar refractivity (Wildman–Crippen MR) is 137 cm³/mol. The minimum Gasteiger partial charge on any atom is -0.496 e. The van der Waals surface area contributed by atoms with Crippen LogP contribution in [0.3, 0.4) is 0 Å². The third-order valence-electron chi connectivity index (χ3n) is 6.25. The van der Waals surface area contributed by atoms with E-state index < -0.39 is 42.7 Å². The summed E-state index contributed by atoms with van der Waals surface area (Å²) in [4.78, 5) is 61.4. The number of nitriles is 1. The molecule has 1 fully saturated rings. The molecule has 13 nitrogen and oxygen atoms in total. The van der Waals surface area contributed by atoms with Gasteiger partial charge in [-0.25, -0.2) is 9.97 Å². The van der Waals surface area contributed by atoms with Crippen LogP contribution in [0.5, 0.6) is 11.6 Å². The number of ketones is 1. The van der Waals surface area contributed by atoms with E-state index in [0.29, 0.717) is 24.2 Å². The van der Waals surface area contributed by atoms with E-state index in [2.05, 4.69) is 30.9 Å². The molecular formula is C26H27N7O6. The van der Waals surface area contributed by atoms with Gasteiger partial charge in [0.25, 0.3) is 5.91 Å². The third-order valence-corrected chi connectivity index (χ3v) is 6.25. The Morgan fingerprint density at radius 1 is 1.26 bits per heavy atom. The van der Waals surface area contributed by atoms with Crippen molar-refractivity contribution in [3.8, 4) is 17.7 Å². The van der Waals surface area contributed by atoms with E-state index in [4.69, 9.17) is 14.7 Å². The number of methoxy groups -OCH3 is 1. The summed E-state index contributed by atoms with van der Waals surface area (Å²) in [6.07, 6.45) is 3.83. The van der Waals surface area contributed by atoms with Crippen LogP contribution in [0.1, 0.15) is 35.4 Å². The maximum Gasteiger partial charge on any atom is 0.268 e. The van der Waals surface area contributed by atoms with E-state index >= 15 is 0 Å². The number of nitrogens with zero attached hydrogens (tertiary/aromatic N) is 3. The van der Waals surface area contributed by atoms with Gasteiger partial charge in [-0.2, -0.15) is 5.26 Å². The Balaban J connectivity index is 1.37. The molecule has 202 valence electrons. The highest BCUT2D eigenvalue weighted by Gasteiger charge is 2.30. The van der Waals surface area contributed by atoms with Crippen molar-refractivity contribution < 1.29 is 28.7 Å². The molecular weight excluding hydrogens is 506 g/mol. The van der Waals surface area contributed by atoms with Crippen LogP contribution in [-0.2, 0) is 14.4 Å². The number of carbonyl (C=O) groups is 4. The lowest BCUT2D eigenvalue weighted by atomic mass is 9.90. The van der Waals surface area contributed by atoms with Crippen molar-refractivity contribution in [1.82, 2.24) is 30.9 Å². The molecule has 39 heavy (non-hydrogen) atoms. The maximum atomic E-state index is 13.0. The van der Waals surface area contributed by atoms with Gasteiger partial charge in [-0.1, -0.05) is 6.07 Å². The molecule has 0 bridgehead atoms. The fourth-order valence-corrected chi connectivity index (χ4v) is 4.24. The van der Waals surface area contributed by atoms with Crippen LogP contribution < -0.4 is 25.4 Å².